The van der Waals surface area contributed by atoms with E-state index in [4.69, 9.17) is 5.73 Å². The molecule has 2 rings (SSSR count). The third-order valence-electron chi connectivity index (χ3n) is 5.18. The molecule has 0 radical (unpaired) electrons. The van der Waals surface area contributed by atoms with Crippen LogP contribution in [0.25, 0.3) is 0 Å². The fourth-order valence-electron chi connectivity index (χ4n) is 3.44. The molecule has 21 heavy (non-hydrogen) atoms. The second kappa shape index (κ2) is 7.10. The average molecular weight is 295 g/mol. The summed E-state index contributed by atoms with van der Waals surface area (Å²) in [7, 11) is 0. The van der Waals surface area contributed by atoms with Gasteiger partial charge in [0.1, 0.15) is 0 Å². The van der Waals surface area contributed by atoms with E-state index in [2.05, 4.69) is 30.6 Å². The van der Waals surface area contributed by atoms with Gasteiger partial charge < -0.3 is 10.6 Å². The lowest BCUT2D eigenvalue weighted by atomic mass is 9.76. The lowest BCUT2D eigenvalue weighted by molar-refractivity contribution is -0.133. The Labute approximate surface area is 130 Å². The van der Waals surface area contributed by atoms with Gasteiger partial charge in [0.25, 0.3) is 0 Å². The molecule has 0 aromatic carbocycles. The second-order valence-corrected chi connectivity index (χ2v) is 7.83. The molecule has 0 aromatic heterocycles. The molecule has 1 saturated heterocycles. The van der Waals surface area contributed by atoms with Crippen molar-refractivity contribution in [3.05, 3.63) is 0 Å². The zero-order valence-electron chi connectivity index (χ0n) is 14.1. The van der Waals surface area contributed by atoms with E-state index < -0.39 is 0 Å². The molecule has 122 valence electrons. The zero-order chi connectivity index (χ0) is 15.5. The Morgan fingerprint density at radius 2 is 1.76 bits per heavy atom. The number of rotatable bonds is 6. The van der Waals surface area contributed by atoms with E-state index >= 15 is 0 Å². The SMILES string of the molecule is CC(C)(C)C(CCN)CCC(=O)N1CCN(C2CC2)CC1. The molecule has 1 saturated carbocycles. The molecule has 2 N–H and O–H groups in total. The summed E-state index contributed by atoms with van der Waals surface area (Å²) in [6, 6.07) is 0.831. The Morgan fingerprint density at radius 3 is 2.24 bits per heavy atom. The maximum absolute atomic E-state index is 12.4. The number of carbonyl (C=O) groups excluding carboxylic acids is 1. The quantitative estimate of drug-likeness (QED) is 0.816. The van der Waals surface area contributed by atoms with Gasteiger partial charge in [-0.15, -0.1) is 0 Å². The Kier molecular flexibility index (Phi) is 5.67. The molecule has 0 aromatic rings. The lowest BCUT2D eigenvalue weighted by Crippen LogP contribution is -2.49. The minimum absolute atomic E-state index is 0.240. The molecule has 2 aliphatic rings. The minimum Gasteiger partial charge on any atom is -0.340 e. The van der Waals surface area contributed by atoms with Gasteiger partial charge >= 0.3 is 0 Å². The molecule has 1 aliphatic carbocycles. The summed E-state index contributed by atoms with van der Waals surface area (Å²) in [5.74, 6) is 0.885. The van der Waals surface area contributed by atoms with E-state index in [0.29, 0.717) is 18.2 Å². The zero-order valence-corrected chi connectivity index (χ0v) is 14.1. The van der Waals surface area contributed by atoms with Crippen molar-refractivity contribution < 1.29 is 4.79 Å². The van der Waals surface area contributed by atoms with Crippen molar-refractivity contribution in [3.63, 3.8) is 0 Å². The predicted molar refractivity (Wildman–Crippen MR) is 87.0 cm³/mol. The summed E-state index contributed by atoms with van der Waals surface area (Å²) in [4.78, 5) is 17.0. The van der Waals surface area contributed by atoms with E-state index in [0.717, 1.165) is 51.6 Å². The Hall–Kier alpha value is -0.610. The normalized spacial score (nSPS) is 22.4. The number of piperazine rings is 1. The number of carbonyl (C=O) groups is 1. The summed E-state index contributed by atoms with van der Waals surface area (Å²) in [6.45, 7) is 11.5. The van der Waals surface area contributed by atoms with Gasteiger partial charge in [-0.1, -0.05) is 20.8 Å². The average Bonchev–Trinajstić information content (AvgIpc) is 3.26. The highest BCUT2D eigenvalue weighted by Crippen LogP contribution is 2.32. The molecule has 4 heteroatoms. The number of nitrogens with zero attached hydrogens (tertiary/aromatic N) is 2. The Bertz CT molecular complexity index is 338. The molecule has 4 nitrogen and oxygen atoms in total. The molecule has 2 fully saturated rings. The molecule has 0 bridgehead atoms. The van der Waals surface area contributed by atoms with Gasteiger partial charge in [0.05, 0.1) is 0 Å². The largest absolute Gasteiger partial charge is 0.340 e. The van der Waals surface area contributed by atoms with Gasteiger partial charge in [-0.25, -0.2) is 0 Å². The van der Waals surface area contributed by atoms with Crippen LogP contribution in [0.2, 0.25) is 0 Å². The summed E-state index contributed by atoms with van der Waals surface area (Å²) in [5, 5.41) is 0. The summed E-state index contributed by atoms with van der Waals surface area (Å²) >= 11 is 0. The molecular weight excluding hydrogens is 262 g/mol. The van der Waals surface area contributed by atoms with Crippen LogP contribution >= 0.6 is 0 Å². The van der Waals surface area contributed by atoms with Crippen LogP contribution in [0, 0.1) is 11.3 Å². The van der Waals surface area contributed by atoms with Gasteiger partial charge in [0, 0.05) is 38.6 Å². The van der Waals surface area contributed by atoms with Gasteiger partial charge in [-0.3, -0.25) is 9.69 Å². The number of amides is 1. The highest BCUT2D eigenvalue weighted by atomic mass is 16.2. The van der Waals surface area contributed by atoms with Gasteiger partial charge in [-0.2, -0.15) is 0 Å². The van der Waals surface area contributed by atoms with Crippen molar-refractivity contribution in [3.8, 4) is 0 Å². The summed E-state index contributed by atoms with van der Waals surface area (Å²) in [6.07, 6.45) is 5.40. The third kappa shape index (κ3) is 4.96. The Morgan fingerprint density at radius 1 is 1.14 bits per heavy atom. The van der Waals surface area contributed by atoms with Crippen molar-refractivity contribution in [2.45, 2.75) is 58.9 Å². The monoisotopic (exact) mass is 295 g/mol. The molecule has 1 heterocycles. The maximum atomic E-state index is 12.4. The van der Waals surface area contributed by atoms with Crippen LogP contribution in [-0.2, 0) is 4.79 Å². The van der Waals surface area contributed by atoms with E-state index in [1.54, 1.807) is 0 Å². The fraction of sp³-hybridized carbons (Fsp3) is 0.941. The molecular formula is C17H33N3O. The van der Waals surface area contributed by atoms with E-state index in [1.807, 2.05) is 0 Å². The van der Waals surface area contributed by atoms with Crippen molar-refractivity contribution >= 4 is 5.91 Å². The highest BCUT2D eigenvalue weighted by Gasteiger charge is 2.32. The molecule has 1 aliphatic heterocycles. The standard InChI is InChI=1S/C17H33N3O/c1-17(2,3)14(8-9-18)4-7-16(21)20-12-10-19(11-13-20)15-5-6-15/h14-15H,4-13,18H2,1-3H3. The van der Waals surface area contributed by atoms with Crippen LogP contribution in [0.5, 0.6) is 0 Å². The maximum Gasteiger partial charge on any atom is 0.222 e. The smallest absolute Gasteiger partial charge is 0.222 e. The predicted octanol–water partition coefficient (Wildman–Crippen LogP) is 2.08. The van der Waals surface area contributed by atoms with Crippen LogP contribution in [0.1, 0.15) is 52.9 Å². The number of hydrogen-bond acceptors (Lipinski definition) is 3. The van der Waals surface area contributed by atoms with Crippen molar-refractivity contribution in [2.24, 2.45) is 17.1 Å². The molecule has 1 amide bonds. The first-order valence-electron chi connectivity index (χ1n) is 8.63. The van der Waals surface area contributed by atoms with Crippen molar-refractivity contribution in [1.82, 2.24) is 9.80 Å². The van der Waals surface area contributed by atoms with Gasteiger partial charge in [0.2, 0.25) is 5.91 Å². The van der Waals surface area contributed by atoms with Gasteiger partial charge in [0.15, 0.2) is 0 Å². The van der Waals surface area contributed by atoms with Crippen molar-refractivity contribution in [1.29, 1.82) is 0 Å². The molecule has 0 spiro atoms. The fourth-order valence-corrected chi connectivity index (χ4v) is 3.44. The first-order chi connectivity index (χ1) is 9.91. The van der Waals surface area contributed by atoms with Crippen LogP contribution in [0.4, 0.5) is 0 Å². The third-order valence-corrected chi connectivity index (χ3v) is 5.18. The van der Waals surface area contributed by atoms with Gasteiger partial charge in [-0.05, 0) is 43.6 Å². The van der Waals surface area contributed by atoms with Crippen LogP contribution in [-0.4, -0.2) is 54.5 Å². The van der Waals surface area contributed by atoms with Crippen molar-refractivity contribution in [2.75, 3.05) is 32.7 Å². The molecule has 1 atom stereocenters. The van der Waals surface area contributed by atoms with E-state index in [-0.39, 0.29) is 5.41 Å². The second-order valence-electron chi connectivity index (χ2n) is 7.83. The minimum atomic E-state index is 0.240. The summed E-state index contributed by atoms with van der Waals surface area (Å²) in [5.41, 5.74) is 5.96. The first kappa shape index (κ1) is 16.8. The van der Waals surface area contributed by atoms with Crippen LogP contribution in [0.15, 0.2) is 0 Å². The lowest BCUT2D eigenvalue weighted by Gasteiger charge is -2.36. The summed E-state index contributed by atoms with van der Waals surface area (Å²) < 4.78 is 0. The molecule has 1 unspecified atom stereocenters. The van der Waals surface area contributed by atoms with E-state index in [9.17, 15) is 4.79 Å². The van der Waals surface area contributed by atoms with Crippen LogP contribution < -0.4 is 5.73 Å². The topological polar surface area (TPSA) is 49.6 Å². The number of hydrogen-bond donors (Lipinski definition) is 1. The van der Waals surface area contributed by atoms with Crippen LogP contribution in [0.3, 0.4) is 0 Å². The Balaban J connectivity index is 1.73. The number of nitrogens with two attached hydrogens (primary N) is 1. The highest BCUT2D eigenvalue weighted by molar-refractivity contribution is 5.76. The van der Waals surface area contributed by atoms with E-state index in [1.165, 1.54) is 12.8 Å². The first-order valence-corrected chi connectivity index (χ1v) is 8.63.